The predicted octanol–water partition coefficient (Wildman–Crippen LogP) is 10.1. The van der Waals surface area contributed by atoms with Gasteiger partial charge in [0.2, 0.25) is 8.32 Å². The number of hydrogen-bond acceptors (Lipinski definition) is 7. The maximum absolute atomic E-state index is 12.2. The summed E-state index contributed by atoms with van der Waals surface area (Å²) < 4.78 is 25.6. The number of carbonyl (C=O) groups excluding carboxylic acids is 1. The lowest BCUT2D eigenvalue weighted by Crippen LogP contribution is -2.40. The molecule has 0 aliphatic heterocycles. The molecule has 1 fully saturated rings. The van der Waals surface area contributed by atoms with Gasteiger partial charge in [-0.15, -0.1) is 0 Å². The Morgan fingerprint density at radius 3 is 2.04 bits per heavy atom. The Morgan fingerprint density at radius 1 is 0.889 bits per heavy atom. The molecular formula is C34H71NO6Si4. The van der Waals surface area contributed by atoms with Gasteiger partial charge in [-0.2, -0.15) is 0 Å². The smallest absolute Gasteiger partial charge is 0.292 e. The fourth-order valence-corrected chi connectivity index (χ4v) is 11.2. The lowest BCUT2D eigenvalue weighted by molar-refractivity contribution is -0.135. The summed E-state index contributed by atoms with van der Waals surface area (Å²) in [5.74, 6) is 0.439. The van der Waals surface area contributed by atoms with Gasteiger partial charge >= 0.3 is 0 Å². The van der Waals surface area contributed by atoms with Crippen molar-refractivity contribution in [3.63, 3.8) is 0 Å². The third kappa shape index (κ3) is 19.8. The van der Waals surface area contributed by atoms with Crippen molar-refractivity contribution in [2.75, 3.05) is 7.11 Å². The number of carbonyl (C=O) groups is 1. The largest absolute Gasteiger partial charge is 0.520 e. The van der Waals surface area contributed by atoms with Gasteiger partial charge in [-0.3, -0.25) is 4.79 Å². The summed E-state index contributed by atoms with van der Waals surface area (Å²) in [5, 5.41) is 4.54. The van der Waals surface area contributed by atoms with E-state index in [1.54, 1.807) is 7.11 Å². The van der Waals surface area contributed by atoms with Crippen molar-refractivity contribution < 1.29 is 27.3 Å². The average molecular weight is 702 g/mol. The molecule has 7 nitrogen and oxygen atoms in total. The lowest BCUT2D eigenvalue weighted by Gasteiger charge is -2.35. The van der Waals surface area contributed by atoms with Crippen molar-refractivity contribution in [2.24, 2.45) is 17.0 Å². The highest BCUT2D eigenvalue weighted by Gasteiger charge is 2.42. The second-order valence-electron chi connectivity index (χ2n) is 17.3. The second-order valence-corrected chi connectivity index (χ2v) is 35.1. The maximum atomic E-state index is 12.2. The number of oxime groups is 1. The van der Waals surface area contributed by atoms with Crippen LogP contribution in [-0.2, 0) is 27.3 Å². The molecule has 0 spiro atoms. The Labute approximate surface area is 282 Å². The van der Waals surface area contributed by atoms with E-state index < -0.39 is 33.3 Å². The van der Waals surface area contributed by atoms with Crippen LogP contribution in [0.5, 0.6) is 0 Å². The quantitative estimate of drug-likeness (QED) is 0.0513. The Bertz CT molecular complexity index is 948. The molecule has 1 rings (SSSR count). The van der Waals surface area contributed by atoms with Crippen LogP contribution in [0.25, 0.3) is 0 Å². The molecule has 1 saturated carbocycles. The summed E-state index contributed by atoms with van der Waals surface area (Å²) in [6, 6.07) is 0. The minimum Gasteiger partial charge on any atom is -0.520 e. The number of rotatable bonds is 21. The molecule has 0 aromatic rings. The van der Waals surface area contributed by atoms with Gasteiger partial charge in [0.1, 0.15) is 7.11 Å². The van der Waals surface area contributed by atoms with E-state index in [2.05, 4.69) is 110 Å². The molecule has 0 saturated heterocycles. The molecule has 1 aliphatic rings. The maximum Gasteiger partial charge on any atom is 0.292 e. The highest BCUT2D eigenvalue weighted by molar-refractivity contribution is 6.71. The van der Waals surface area contributed by atoms with Crippen LogP contribution in [0.4, 0.5) is 0 Å². The minimum atomic E-state index is -1.82. The number of unbranched alkanes of at least 4 members (excludes halogenated alkanes) is 3. The molecular weight excluding hydrogens is 631 g/mol. The first-order chi connectivity index (χ1) is 20.4. The summed E-state index contributed by atoms with van der Waals surface area (Å²) in [6.07, 6.45) is 14.6. The first kappa shape index (κ1) is 42.5. The molecule has 1 unspecified atom stereocenters. The SMILES string of the molecule is CO/N=C1\C[C@@H](O[Si](C)(C)C)[C@H](/C=C/[C@](C)(CCCC(C)O[Si](C)(C)C)O[Si](C)(C)C)[C@H]1CCCCCCC(=O)O[Si](C)(C)C. The van der Waals surface area contributed by atoms with Crippen molar-refractivity contribution in [1.82, 2.24) is 0 Å². The summed E-state index contributed by atoms with van der Waals surface area (Å²) in [4.78, 5) is 17.5. The first-order valence-electron chi connectivity index (χ1n) is 17.5. The first-order valence-corrected chi connectivity index (χ1v) is 31.1. The predicted molar refractivity (Wildman–Crippen MR) is 201 cm³/mol. The summed E-state index contributed by atoms with van der Waals surface area (Å²) in [6.45, 7) is 31.1. The van der Waals surface area contributed by atoms with E-state index in [1.165, 1.54) is 0 Å². The van der Waals surface area contributed by atoms with Gasteiger partial charge in [0.25, 0.3) is 5.97 Å². The zero-order chi connectivity index (χ0) is 34.7. The molecule has 11 heteroatoms. The average Bonchev–Trinajstić information content (AvgIpc) is 3.10. The fraction of sp³-hybridized carbons (Fsp3) is 0.882. The standard InChI is InChI=1S/C34H71NO6Si4/c1-28(38-42(4,5)6)21-20-25-34(2,41-45(13,14)15)26-24-30-29(31(35-37-3)27-32(30)39-43(7,8)9)22-18-16-17-19-23-33(36)40-44(10,11)12/h24,26,28-30,32H,16-23,25,27H2,1-15H3/b26-24+,35-31+/t28?,29-,30-,32-,34+/m1/s1. The summed E-state index contributed by atoms with van der Waals surface area (Å²) >= 11 is 0. The van der Waals surface area contributed by atoms with Crippen molar-refractivity contribution in [1.29, 1.82) is 0 Å². The molecule has 264 valence electrons. The molecule has 0 radical (unpaired) electrons. The van der Waals surface area contributed by atoms with Crippen LogP contribution < -0.4 is 0 Å². The van der Waals surface area contributed by atoms with E-state index >= 15 is 0 Å². The highest BCUT2D eigenvalue weighted by Crippen LogP contribution is 2.39. The Kier molecular flexibility index (Phi) is 17.2. The van der Waals surface area contributed by atoms with Gasteiger partial charge in [0, 0.05) is 30.8 Å². The molecule has 0 aromatic carbocycles. The van der Waals surface area contributed by atoms with Crippen LogP contribution in [-0.4, -0.2) is 69.9 Å². The highest BCUT2D eigenvalue weighted by atomic mass is 28.4. The number of hydrogen-bond donors (Lipinski definition) is 0. The Balaban J connectivity index is 3.10. The van der Waals surface area contributed by atoms with E-state index in [0.29, 0.717) is 6.42 Å². The molecule has 0 N–H and O–H groups in total. The topological polar surface area (TPSA) is 75.6 Å². The third-order valence-corrected chi connectivity index (χ3v) is 11.6. The minimum absolute atomic E-state index is 0.0439. The normalized spacial score (nSPS) is 23.0. The van der Waals surface area contributed by atoms with E-state index in [9.17, 15) is 4.79 Å². The Hall–Kier alpha value is -0.572. The van der Waals surface area contributed by atoms with Crippen molar-refractivity contribution in [3.05, 3.63) is 12.2 Å². The van der Waals surface area contributed by atoms with Crippen molar-refractivity contribution >= 4 is 45.0 Å². The number of nitrogens with zero attached hydrogens (tertiary/aromatic N) is 1. The van der Waals surface area contributed by atoms with Gasteiger partial charge in [-0.25, -0.2) is 0 Å². The van der Waals surface area contributed by atoms with Crippen LogP contribution in [0.15, 0.2) is 17.3 Å². The van der Waals surface area contributed by atoms with Crippen molar-refractivity contribution in [3.8, 4) is 0 Å². The Morgan fingerprint density at radius 2 is 1.51 bits per heavy atom. The zero-order valence-electron chi connectivity index (χ0n) is 31.9. The van der Waals surface area contributed by atoms with Crippen molar-refractivity contribution in [2.45, 2.75) is 174 Å². The van der Waals surface area contributed by atoms with Gasteiger partial charge in [-0.05, 0) is 125 Å². The molecule has 45 heavy (non-hydrogen) atoms. The summed E-state index contributed by atoms with van der Waals surface area (Å²) in [7, 11) is -5.34. The fourth-order valence-electron chi connectivity index (χ4n) is 6.35. The molecule has 0 amide bonds. The lowest BCUT2D eigenvalue weighted by atomic mass is 9.86. The van der Waals surface area contributed by atoms with E-state index in [4.69, 9.17) is 22.5 Å². The van der Waals surface area contributed by atoms with Crippen LogP contribution in [0.3, 0.4) is 0 Å². The van der Waals surface area contributed by atoms with Crippen LogP contribution >= 0.6 is 0 Å². The zero-order valence-corrected chi connectivity index (χ0v) is 35.9. The summed E-state index contributed by atoms with van der Waals surface area (Å²) in [5.41, 5.74) is 0.766. The molecule has 0 bridgehead atoms. The third-order valence-electron chi connectivity index (χ3n) is 7.56. The molecule has 0 heterocycles. The van der Waals surface area contributed by atoms with Crippen LogP contribution in [0.1, 0.15) is 78.1 Å². The van der Waals surface area contributed by atoms with E-state index in [-0.39, 0.29) is 35.6 Å². The van der Waals surface area contributed by atoms with Gasteiger partial charge in [0.05, 0.1) is 17.4 Å². The second kappa shape index (κ2) is 18.3. The van der Waals surface area contributed by atoms with Gasteiger partial charge in [0.15, 0.2) is 25.0 Å². The van der Waals surface area contributed by atoms with Gasteiger partial charge in [-0.1, -0.05) is 36.6 Å². The monoisotopic (exact) mass is 701 g/mol. The van der Waals surface area contributed by atoms with Gasteiger partial charge < -0.3 is 22.5 Å². The van der Waals surface area contributed by atoms with Crippen LogP contribution in [0.2, 0.25) is 78.6 Å². The van der Waals surface area contributed by atoms with Crippen LogP contribution in [0, 0.1) is 11.8 Å². The molecule has 0 aromatic heterocycles. The molecule has 5 atom stereocenters. The van der Waals surface area contributed by atoms with E-state index in [1.807, 2.05) is 0 Å². The molecule has 1 aliphatic carbocycles. The van der Waals surface area contributed by atoms with E-state index in [0.717, 1.165) is 63.5 Å².